The highest BCUT2D eigenvalue weighted by molar-refractivity contribution is 7.15. The molecule has 142 valence electrons. The first-order valence-corrected chi connectivity index (χ1v) is 10.1. The minimum absolute atomic E-state index is 0.0139. The van der Waals surface area contributed by atoms with Crippen molar-refractivity contribution < 1.29 is 4.74 Å². The van der Waals surface area contributed by atoms with Crippen LogP contribution in [0.15, 0.2) is 46.6 Å². The zero-order chi connectivity index (χ0) is 18.6. The second kappa shape index (κ2) is 8.31. The van der Waals surface area contributed by atoms with E-state index in [2.05, 4.69) is 39.5 Å². The molecule has 7 heteroatoms. The van der Waals surface area contributed by atoms with Crippen LogP contribution in [0.1, 0.15) is 23.0 Å². The number of fused-ring (bicyclic) bond motifs is 1. The Kier molecular flexibility index (Phi) is 5.63. The van der Waals surface area contributed by atoms with Gasteiger partial charge in [-0.3, -0.25) is 14.1 Å². The summed E-state index contributed by atoms with van der Waals surface area (Å²) in [6.07, 6.45) is 0. The molecule has 2 aromatic heterocycles. The van der Waals surface area contributed by atoms with Crippen molar-refractivity contribution in [2.45, 2.75) is 19.5 Å². The predicted molar refractivity (Wildman–Crippen MR) is 107 cm³/mol. The van der Waals surface area contributed by atoms with Crippen LogP contribution in [0.3, 0.4) is 0 Å². The van der Waals surface area contributed by atoms with Gasteiger partial charge in [0.2, 0.25) is 0 Å². The molecular weight excluding hydrogens is 360 g/mol. The Morgan fingerprint density at radius 2 is 2.04 bits per heavy atom. The average molecular weight is 385 g/mol. The molecule has 3 heterocycles. The average Bonchev–Trinajstić information content (AvgIpc) is 3.08. The van der Waals surface area contributed by atoms with Gasteiger partial charge in [0.05, 0.1) is 18.9 Å². The number of nitrogens with one attached hydrogen (secondary N) is 1. The summed E-state index contributed by atoms with van der Waals surface area (Å²) < 4.78 is 7.13. The summed E-state index contributed by atoms with van der Waals surface area (Å²) in [5.74, 6) is 0. The van der Waals surface area contributed by atoms with Gasteiger partial charge in [-0.25, -0.2) is 4.98 Å². The second-order valence-electron chi connectivity index (χ2n) is 6.84. The van der Waals surface area contributed by atoms with E-state index in [9.17, 15) is 4.79 Å². The number of hydrogen-bond acceptors (Lipinski definition) is 6. The van der Waals surface area contributed by atoms with Crippen molar-refractivity contribution in [1.82, 2.24) is 19.6 Å². The molecule has 1 aliphatic heterocycles. The number of morpholine rings is 1. The summed E-state index contributed by atoms with van der Waals surface area (Å²) in [5, 5.41) is 5.57. The van der Waals surface area contributed by atoms with E-state index >= 15 is 0 Å². The Labute approximate surface area is 162 Å². The fourth-order valence-corrected chi connectivity index (χ4v) is 4.33. The number of thiazole rings is 1. The van der Waals surface area contributed by atoms with Crippen LogP contribution in [0.25, 0.3) is 4.96 Å². The van der Waals surface area contributed by atoms with Gasteiger partial charge in [-0.1, -0.05) is 30.3 Å². The molecule has 0 aliphatic carbocycles. The van der Waals surface area contributed by atoms with E-state index in [0.29, 0.717) is 6.54 Å². The molecule has 0 radical (unpaired) electrons. The first kappa shape index (κ1) is 18.3. The van der Waals surface area contributed by atoms with E-state index in [1.807, 2.05) is 18.4 Å². The Morgan fingerprint density at radius 3 is 2.81 bits per heavy atom. The third kappa shape index (κ3) is 4.27. The number of aromatic nitrogens is 2. The van der Waals surface area contributed by atoms with E-state index in [1.54, 1.807) is 10.5 Å². The van der Waals surface area contributed by atoms with Crippen LogP contribution < -0.4 is 10.9 Å². The van der Waals surface area contributed by atoms with Gasteiger partial charge in [-0.05, 0) is 12.5 Å². The normalized spacial score (nSPS) is 16.6. The molecule has 0 spiro atoms. The first-order valence-electron chi connectivity index (χ1n) is 9.26. The standard InChI is InChI=1S/C20H24N4O2S/c1-15-14-27-20-22-17(11-19(25)24(15)20)12-21-18(16-5-3-2-4-6-16)13-23-7-9-26-10-8-23/h2-6,11,14,18,21H,7-10,12-13H2,1H3. The summed E-state index contributed by atoms with van der Waals surface area (Å²) in [5.41, 5.74) is 2.94. The van der Waals surface area contributed by atoms with Crippen LogP contribution >= 0.6 is 11.3 Å². The molecule has 27 heavy (non-hydrogen) atoms. The summed E-state index contributed by atoms with van der Waals surface area (Å²) in [6, 6.07) is 12.3. The van der Waals surface area contributed by atoms with Crippen molar-refractivity contribution >= 4 is 16.3 Å². The van der Waals surface area contributed by atoms with Crippen molar-refractivity contribution in [2.24, 2.45) is 0 Å². The van der Waals surface area contributed by atoms with Gasteiger partial charge < -0.3 is 10.1 Å². The lowest BCUT2D eigenvalue weighted by Gasteiger charge is -2.31. The SMILES string of the molecule is Cc1csc2nc(CNC(CN3CCOCC3)c3ccccc3)cc(=O)n12. The van der Waals surface area contributed by atoms with E-state index in [0.717, 1.165) is 49.2 Å². The molecule has 1 aliphatic rings. The van der Waals surface area contributed by atoms with Gasteiger partial charge in [0, 0.05) is 49.4 Å². The van der Waals surface area contributed by atoms with Gasteiger partial charge in [0.25, 0.3) is 5.56 Å². The number of aryl methyl sites for hydroxylation is 1. The Hall–Kier alpha value is -2.06. The number of ether oxygens (including phenoxy) is 1. The lowest BCUT2D eigenvalue weighted by molar-refractivity contribution is 0.0333. The van der Waals surface area contributed by atoms with E-state index in [1.165, 1.54) is 16.9 Å². The molecule has 0 amide bonds. The van der Waals surface area contributed by atoms with Crippen molar-refractivity contribution in [3.05, 3.63) is 69.1 Å². The first-order chi connectivity index (χ1) is 13.2. The maximum absolute atomic E-state index is 12.4. The van der Waals surface area contributed by atoms with Crippen LogP contribution in [0.5, 0.6) is 0 Å². The predicted octanol–water partition coefficient (Wildman–Crippen LogP) is 2.23. The van der Waals surface area contributed by atoms with Gasteiger partial charge in [-0.2, -0.15) is 0 Å². The maximum atomic E-state index is 12.4. The van der Waals surface area contributed by atoms with Gasteiger partial charge >= 0.3 is 0 Å². The summed E-state index contributed by atoms with van der Waals surface area (Å²) >= 11 is 1.50. The lowest BCUT2D eigenvalue weighted by Crippen LogP contribution is -2.41. The molecule has 1 N–H and O–H groups in total. The Morgan fingerprint density at radius 1 is 1.26 bits per heavy atom. The summed E-state index contributed by atoms with van der Waals surface area (Å²) in [7, 11) is 0. The van der Waals surface area contributed by atoms with E-state index < -0.39 is 0 Å². The van der Waals surface area contributed by atoms with Crippen LogP contribution in [0, 0.1) is 6.92 Å². The molecule has 1 saturated heterocycles. The van der Waals surface area contributed by atoms with Gasteiger partial charge in [-0.15, -0.1) is 11.3 Å². The van der Waals surface area contributed by atoms with Crippen molar-refractivity contribution in [3.63, 3.8) is 0 Å². The van der Waals surface area contributed by atoms with Crippen LogP contribution in [0.4, 0.5) is 0 Å². The third-order valence-electron chi connectivity index (χ3n) is 4.90. The molecule has 3 aromatic rings. The Bertz CT molecular complexity index is 948. The number of hydrogen-bond donors (Lipinski definition) is 1. The fraction of sp³-hybridized carbons (Fsp3) is 0.400. The zero-order valence-electron chi connectivity index (χ0n) is 15.4. The Balaban J connectivity index is 1.52. The molecular formula is C20H24N4O2S. The topological polar surface area (TPSA) is 58.9 Å². The largest absolute Gasteiger partial charge is 0.379 e. The molecule has 0 saturated carbocycles. The monoisotopic (exact) mass is 384 g/mol. The molecule has 1 atom stereocenters. The highest BCUT2D eigenvalue weighted by Crippen LogP contribution is 2.17. The summed E-state index contributed by atoms with van der Waals surface area (Å²) in [4.78, 5) is 20.2. The summed E-state index contributed by atoms with van der Waals surface area (Å²) in [6.45, 7) is 6.87. The number of nitrogens with zero attached hydrogens (tertiary/aromatic N) is 3. The van der Waals surface area contributed by atoms with Gasteiger partial charge in [0.15, 0.2) is 4.96 Å². The van der Waals surface area contributed by atoms with Crippen LogP contribution in [0.2, 0.25) is 0 Å². The number of benzene rings is 1. The smallest absolute Gasteiger partial charge is 0.259 e. The van der Waals surface area contributed by atoms with E-state index in [4.69, 9.17) is 4.74 Å². The van der Waals surface area contributed by atoms with Crippen molar-refractivity contribution in [1.29, 1.82) is 0 Å². The van der Waals surface area contributed by atoms with Crippen LogP contribution in [-0.4, -0.2) is 47.1 Å². The molecule has 6 nitrogen and oxygen atoms in total. The third-order valence-corrected chi connectivity index (χ3v) is 5.85. The van der Waals surface area contributed by atoms with Gasteiger partial charge in [0.1, 0.15) is 0 Å². The molecule has 0 bridgehead atoms. The zero-order valence-corrected chi connectivity index (χ0v) is 16.2. The molecule has 1 aromatic carbocycles. The molecule has 4 rings (SSSR count). The molecule has 1 unspecified atom stereocenters. The lowest BCUT2D eigenvalue weighted by atomic mass is 10.1. The fourth-order valence-electron chi connectivity index (χ4n) is 3.43. The molecule has 1 fully saturated rings. The highest BCUT2D eigenvalue weighted by atomic mass is 32.1. The second-order valence-corrected chi connectivity index (χ2v) is 7.67. The van der Waals surface area contributed by atoms with E-state index in [-0.39, 0.29) is 11.6 Å². The quantitative estimate of drug-likeness (QED) is 0.706. The van der Waals surface area contributed by atoms with Crippen molar-refractivity contribution in [2.75, 3.05) is 32.8 Å². The number of rotatable bonds is 6. The minimum atomic E-state index is -0.0139. The van der Waals surface area contributed by atoms with Crippen molar-refractivity contribution in [3.8, 4) is 0 Å². The maximum Gasteiger partial charge on any atom is 0.259 e. The van der Waals surface area contributed by atoms with Crippen LogP contribution in [-0.2, 0) is 11.3 Å². The highest BCUT2D eigenvalue weighted by Gasteiger charge is 2.18. The minimum Gasteiger partial charge on any atom is -0.379 e.